The number of carbonyl (C=O) groups excluding carboxylic acids is 1. The van der Waals surface area contributed by atoms with E-state index in [1.54, 1.807) is 0 Å². The summed E-state index contributed by atoms with van der Waals surface area (Å²) in [6.45, 7) is 8.74. The Morgan fingerprint density at radius 1 is 1.29 bits per heavy atom. The molecule has 2 atom stereocenters. The number of piperidine rings is 1. The van der Waals surface area contributed by atoms with Gasteiger partial charge < -0.3 is 10.6 Å². The molecule has 0 bridgehead atoms. The first-order valence-electron chi connectivity index (χ1n) is 9.06. The van der Waals surface area contributed by atoms with Crippen molar-refractivity contribution >= 4 is 17.5 Å². The molecule has 3 nitrogen and oxygen atoms in total. The highest BCUT2D eigenvalue weighted by Crippen LogP contribution is 2.58. The molecule has 4 heteroatoms. The summed E-state index contributed by atoms with van der Waals surface area (Å²) in [5.41, 5.74) is 1.57. The molecule has 1 aliphatic carbocycles. The Labute approximate surface area is 150 Å². The van der Waals surface area contributed by atoms with Crippen LogP contribution in [0.5, 0.6) is 0 Å². The summed E-state index contributed by atoms with van der Waals surface area (Å²) >= 11 is 6.02. The Kier molecular flexibility index (Phi) is 4.94. The van der Waals surface area contributed by atoms with E-state index in [4.69, 9.17) is 11.6 Å². The van der Waals surface area contributed by atoms with Crippen LogP contribution in [0, 0.1) is 16.7 Å². The van der Waals surface area contributed by atoms with E-state index in [1.807, 2.05) is 24.3 Å². The summed E-state index contributed by atoms with van der Waals surface area (Å²) in [4.78, 5) is 12.9. The zero-order valence-electron chi connectivity index (χ0n) is 15.0. The van der Waals surface area contributed by atoms with Crippen molar-refractivity contribution < 1.29 is 4.79 Å². The quantitative estimate of drug-likeness (QED) is 0.850. The molecule has 2 N–H and O–H groups in total. The third-order valence-corrected chi connectivity index (χ3v) is 5.76. The SMILES string of the molecule is CC(C)(C)CC(NC(=O)C1CC12CCNCC2)c1ccc(Cl)cc1. The molecule has 1 aliphatic heterocycles. The molecule has 132 valence electrons. The van der Waals surface area contributed by atoms with Gasteiger partial charge in [0.15, 0.2) is 0 Å². The summed E-state index contributed by atoms with van der Waals surface area (Å²) in [6.07, 6.45) is 4.25. The molecule has 0 aromatic heterocycles. The van der Waals surface area contributed by atoms with E-state index >= 15 is 0 Å². The maximum Gasteiger partial charge on any atom is 0.224 e. The fourth-order valence-electron chi connectivity index (χ4n) is 4.03. The predicted molar refractivity (Wildman–Crippen MR) is 99.1 cm³/mol. The predicted octanol–water partition coefficient (Wildman–Crippen LogP) is 4.32. The van der Waals surface area contributed by atoms with Crippen molar-refractivity contribution in [2.45, 2.75) is 52.5 Å². The van der Waals surface area contributed by atoms with Crippen LogP contribution in [0.2, 0.25) is 5.02 Å². The van der Waals surface area contributed by atoms with Gasteiger partial charge in [-0.3, -0.25) is 4.79 Å². The molecule has 1 aromatic rings. The molecule has 1 aromatic carbocycles. The Balaban J connectivity index is 1.69. The Morgan fingerprint density at radius 3 is 2.50 bits per heavy atom. The van der Waals surface area contributed by atoms with Gasteiger partial charge in [-0.15, -0.1) is 0 Å². The molecule has 3 rings (SSSR count). The molecule has 1 spiro atoms. The highest BCUT2D eigenvalue weighted by molar-refractivity contribution is 6.30. The number of hydrogen-bond acceptors (Lipinski definition) is 2. The van der Waals surface area contributed by atoms with Gasteiger partial charge in [0, 0.05) is 10.9 Å². The summed E-state index contributed by atoms with van der Waals surface area (Å²) in [6, 6.07) is 7.93. The molecular weight excluding hydrogens is 320 g/mol. The number of amides is 1. The van der Waals surface area contributed by atoms with E-state index in [-0.39, 0.29) is 28.7 Å². The Bertz CT molecular complexity index is 585. The number of nitrogens with one attached hydrogen (secondary N) is 2. The maximum absolute atomic E-state index is 12.9. The number of rotatable bonds is 4. The van der Waals surface area contributed by atoms with E-state index in [2.05, 4.69) is 31.4 Å². The van der Waals surface area contributed by atoms with E-state index in [1.165, 1.54) is 0 Å². The Hall–Kier alpha value is -1.06. The van der Waals surface area contributed by atoms with Crippen LogP contribution in [0.25, 0.3) is 0 Å². The highest BCUT2D eigenvalue weighted by Gasteiger charge is 2.57. The smallest absolute Gasteiger partial charge is 0.224 e. The fourth-order valence-corrected chi connectivity index (χ4v) is 4.15. The zero-order valence-corrected chi connectivity index (χ0v) is 15.7. The van der Waals surface area contributed by atoms with Crippen LogP contribution in [0.4, 0.5) is 0 Å². The second-order valence-electron chi connectivity index (χ2n) is 8.75. The van der Waals surface area contributed by atoms with Crippen molar-refractivity contribution in [3.8, 4) is 0 Å². The molecule has 1 heterocycles. The van der Waals surface area contributed by atoms with Crippen molar-refractivity contribution in [3.05, 3.63) is 34.9 Å². The van der Waals surface area contributed by atoms with Crippen molar-refractivity contribution in [2.24, 2.45) is 16.7 Å². The van der Waals surface area contributed by atoms with Gasteiger partial charge in [-0.2, -0.15) is 0 Å². The van der Waals surface area contributed by atoms with Gasteiger partial charge in [0.25, 0.3) is 0 Å². The first kappa shape index (κ1) is 17.8. The van der Waals surface area contributed by atoms with E-state index in [9.17, 15) is 4.79 Å². The fraction of sp³-hybridized carbons (Fsp3) is 0.650. The molecular formula is C20H29ClN2O. The van der Waals surface area contributed by atoms with Crippen molar-refractivity contribution in [1.82, 2.24) is 10.6 Å². The first-order valence-corrected chi connectivity index (χ1v) is 9.43. The number of benzene rings is 1. The molecule has 2 fully saturated rings. The van der Waals surface area contributed by atoms with Gasteiger partial charge >= 0.3 is 0 Å². The van der Waals surface area contributed by atoms with Crippen LogP contribution < -0.4 is 10.6 Å². The number of carbonyl (C=O) groups is 1. The summed E-state index contributed by atoms with van der Waals surface area (Å²) in [5.74, 6) is 0.440. The summed E-state index contributed by atoms with van der Waals surface area (Å²) in [5, 5.41) is 7.47. The van der Waals surface area contributed by atoms with Gasteiger partial charge in [-0.25, -0.2) is 0 Å². The maximum atomic E-state index is 12.9. The van der Waals surface area contributed by atoms with Gasteiger partial charge in [0.1, 0.15) is 0 Å². The monoisotopic (exact) mass is 348 g/mol. The van der Waals surface area contributed by atoms with Gasteiger partial charge in [0.05, 0.1) is 6.04 Å². The molecule has 24 heavy (non-hydrogen) atoms. The third kappa shape index (κ3) is 4.12. The van der Waals surface area contributed by atoms with Crippen LogP contribution in [-0.4, -0.2) is 19.0 Å². The molecule has 1 amide bonds. The topological polar surface area (TPSA) is 41.1 Å². The Morgan fingerprint density at radius 2 is 1.92 bits per heavy atom. The van der Waals surface area contributed by atoms with Gasteiger partial charge in [-0.1, -0.05) is 44.5 Å². The largest absolute Gasteiger partial charge is 0.349 e. The lowest BCUT2D eigenvalue weighted by Crippen LogP contribution is -2.36. The van der Waals surface area contributed by atoms with Crippen molar-refractivity contribution in [1.29, 1.82) is 0 Å². The standard InChI is InChI=1S/C20H29ClN2O/c1-19(2,3)13-17(14-4-6-15(21)7-5-14)23-18(24)16-12-20(16)8-10-22-11-9-20/h4-7,16-17,22H,8-13H2,1-3H3,(H,23,24). The average Bonchev–Trinajstić information content (AvgIpc) is 3.20. The van der Waals surface area contributed by atoms with Crippen LogP contribution in [0.3, 0.4) is 0 Å². The molecule has 0 radical (unpaired) electrons. The van der Waals surface area contributed by atoms with Crippen LogP contribution in [-0.2, 0) is 4.79 Å². The normalized spacial score (nSPS) is 23.8. The lowest BCUT2D eigenvalue weighted by molar-refractivity contribution is -0.124. The molecule has 2 unspecified atom stereocenters. The van der Waals surface area contributed by atoms with Gasteiger partial charge in [-0.05, 0) is 67.3 Å². The lowest BCUT2D eigenvalue weighted by Gasteiger charge is -2.28. The van der Waals surface area contributed by atoms with Crippen LogP contribution >= 0.6 is 11.6 Å². The highest BCUT2D eigenvalue weighted by atomic mass is 35.5. The second-order valence-corrected chi connectivity index (χ2v) is 9.18. The molecule has 1 saturated carbocycles. The summed E-state index contributed by atoms with van der Waals surface area (Å²) < 4.78 is 0. The first-order chi connectivity index (χ1) is 11.3. The minimum absolute atomic E-state index is 0.0501. The van der Waals surface area contributed by atoms with E-state index < -0.39 is 0 Å². The van der Waals surface area contributed by atoms with E-state index in [0.717, 1.165) is 49.4 Å². The van der Waals surface area contributed by atoms with Crippen LogP contribution in [0.1, 0.15) is 58.1 Å². The van der Waals surface area contributed by atoms with Crippen LogP contribution in [0.15, 0.2) is 24.3 Å². The minimum atomic E-state index is 0.0501. The second kappa shape index (κ2) is 6.68. The third-order valence-electron chi connectivity index (χ3n) is 5.51. The van der Waals surface area contributed by atoms with E-state index in [0.29, 0.717) is 0 Å². The summed E-state index contributed by atoms with van der Waals surface area (Å²) in [7, 11) is 0. The van der Waals surface area contributed by atoms with Crippen molar-refractivity contribution in [2.75, 3.05) is 13.1 Å². The lowest BCUT2D eigenvalue weighted by atomic mass is 9.85. The zero-order chi connectivity index (χ0) is 17.4. The van der Waals surface area contributed by atoms with Crippen molar-refractivity contribution in [3.63, 3.8) is 0 Å². The molecule has 1 saturated heterocycles. The number of halogens is 1. The average molecular weight is 349 g/mol. The minimum Gasteiger partial charge on any atom is -0.349 e. The number of hydrogen-bond donors (Lipinski definition) is 2. The molecule has 2 aliphatic rings. The van der Waals surface area contributed by atoms with Gasteiger partial charge in [0.2, 0.25) is 5.91 Å².